The monoisotopic (exact) mass is 271 g/mol. The van der Waals surface area contributed by atoms with Gasteiger partial charge >= 0.3 is 0 Å². The molecule has 1 aromatic rings. The molecule has 1 saturated heterocycles. The summed E-state index contributed by atoms with van der Waals surface area (Å²) in [6, 6.07) is 5.42. The summed E-state index contributed by atoms with van der Waals surface area (Å²) in [4.78, 5) is 15.1. The van der Waals surface area contributed by atoms with Crippen LogP contribution in [-0.2, 0) is 5.41 Å². The van der Waals surface area contributed by atoms with Crippen LogP contribution < -0.4 is 0 Å². The molecule has 3 heteroatoms. The summed E-state index contributed by atoms with van der Waals surface area (Å²) in [5, 5.41) is 9.89. The first-order valence-electron chi connectivity index (χ1n) is 7.71. The molecular formula is C17H21NO2. The maximum absolute atomic E-state index is 12.9. The van der Waals surface area contributed by atoms with Gasteiger partial charge in [-0.1, -0.05) is 12.8 Å². The molecule has 1 saturated carbocycles. The first kappa shape index (κ1) is 12.4. The molecule has 3 atom stereocenters. The Morgan fingerprint density at radius 2 is 2.15 bits per heavy atom. The highest BCUT2D eigenvalue weighted by atomic mass is 16.3. The molecule has 2 fully saturated rings. The van der Waals surface area contributed by atoms with Crippen molar-refractivity contribution in [1.29, 1.82) is 0 Å². The lowest BCUT2D eigenvalue weighted by atomic mass is 9.52. The molecule has 1 heterocycles. The fourth-order valence-electron chi connectivity index (χ4n) is 5.03. The van der Waals surface area contributed by atoms with Gasteiger partial charge in [0.15, 0.2) is 5.78 Å². The van der Waals surface area contributed by atoms with Crippen LogP contribution in [0.1, 0.15) is 48.0 Å². The van der Waals surface area contributed by atoms with Gasteiger partial charge in [-0.3, -0.25) is 9.69 Å². The number of likely N-dealkylation sites (tertiary alicyclic amines) is 1. The molecule has 0 aromatic heterocycles. The zero-order valence-corrected chi connectivity index (χ0v) is 11.9. The summed E-state index contributed by atoms with van der Waals surface area (Å²) in [6.07, 6.45) is 5.92. The van der Waals surface area contributed by atoms with Gasteiger partial charge in [0, 0.05) is 11.0 Å². The molecule has 0 radical (unpaired) electrons. The van der Waals surface area contributed by atoms with E-state index in [0.29, 0.717) is 11.7 Å². The van der Waals surface area contributed by atoms with Crippen LogP contribution in [0.4, 0.5) is 0 Å². The minimum Gasteiger partial charge on any atom is -0.508 e. The van der Waals surface area contributed by atoms with Crippen LogP contribution in [0.15, 0.2) is 18.2 Å². The topological polar surface area (TPSA) is 40.5 Å². The van der Waals surface area contributed by atoms with E-state index in [0.717, 1.165) is 30.5 Å². The average Bonchev–Trinajstić information content (AvgIpc) is 2.46. The maximum Gasteiger partial charge on any atom is 0.180 e. The molecule has 0 spiro atoms. The number of aromatic hydroxyl groups is 1. The Hall–Kier alpha value is -1.35. The van der Waals surface area contributed by atoms with Crippen molar-refractivity contribution < 1.29 is 9.90 Å². The van der Waals surface area contributed by atoms with Crippen LogP contribution in [0.5, 0.6) is 5.75 Å². The molecule has 1 aromatic carbocycles. The molecule has 3 nitrogen and oxygen atoms in total. The zero-order valence-electron chi connectivity index (χ0n) is 11.9. The van der Waals surface area contributed by atoms with Crippen LogP contribution in [0, 0.1) is 5.92 Å². The summed E-state index contributed by atoms with van der Waals surface area (Å²) in [6.45, 7) is 0.988. The van der Waals surface area contributed by atoms with E-state index in [9.17, 15) is 9.90 Å². The van der Waals surface area contributed by atoms with Gasteiger partial charge in [-0.15, -0.1) is 0 Å². The number of Topliss-reactive ketones (excluding diaryl/α,β-unsaturated/α-hetero) is 1. The second-order valence-electron chi connectivity index (χ2n) is 6.78. The van der Waals surface area contributed by atoms with Gasteiger partial charge in [0.1, 0.15) is 5.75 Å². The summed E-state index contributed by atoms with van der Waals surface area (Å²) in [7, 11) is 2.09. The molecule has 0 unspecified atom stereocenters. The lowest BCUT2D eigenvalue weighted by Crippen LogP contribution is -2.62. The largest absolute Gasteiger partial charge is 0.508 e. The van der Waals surface area contributed by atoms with Crippen molar-refractivity contribution in [3.63, 3.8) is 0 Å². The lowest BCUT2D eigenvalue weighted by Gasteiger charge is -2.57. The number of likely N-dealkylation sites (N-methyl/N-ethyl adjacent to an activating group) is 1. The number of hydrogen-bond acceptors (Lipinski definition) is 3. The first-order chi connectivity index (χ1) is 9.63. The number of fused-ring (bicyclic) bond motifs is 1. The standard InChI is InChI=1S/C17H21NO2/c1-18-9-8-17-7-3-2-4-13(17)15(18)16(20)12-6-5-11(19)10-14(12)17/h5-6,10,13,15,19H,2-4,7-9H2,1H3/t13-,15+,17+/m1/s1. The van der Waals surface area contributed by atoms with Crippen molar-refractivity contribution >= 4 is 5.78 Å². The Balaban J connectivity index is 1.97. The van der Waals surface area contributed by atoms with Crippen molar-refractivity contribution in [3.05, 3.63) is 29.3 Å². The van der Waals surface area contributed by atoms with Gasteiger partial charge in [0.2, 0.25) is 0 Å². The van der Waals surface area contributed by atoms with Crippen LogP contribution in [0.3, 0.4) is 0 Å². The third-order valence-electron chi connectivity index (χ3n) is 5.94. The molecule has 4 rings (SSSR count). The first-order valence-corrected chi connectivity index (χ1v) is 7.71. The number of rotatable bonds is 0. The summed E-state index contributed by atoms with van der Waals surface area (Å²) >= 11 is 0. The number of phenolic OH excluding ortho intramolecular Hbond substituents is 1. The van der Waals surface area contributed by atoms with Crippen molar-refractivity contribution in [3.8, 4) is 5.75 Å². The van der Waals surface area contributed by atoms with Crippen LogP contribution in [0.2, 0.25) is 0 Å². The predicted molar refractivity (Wildman–Crippen MR) is 77.1 cm³/mol. The molecule has 1 aliphatic heterocycles. The summed E-state index contributed by atoms with van der Waals surface area (Å²) in [5.74, 6) is 1.01. The third kappa shape index (κ3) is 1.42. The summed E-state index contributed by atoms with van der Waals surface area (Å²) < 4.78 is 0. The van der Waals surface area contributed by atoms with Gasteiger partial charge in [0.05, 0.1) is 6.04 Å². The normalized spacial score (nSPS) is 36.4. The lowest BCUT2D eigenvalue weighted by molar-refractivity contribution is 0.00836. The molecule has 2 bridgehead atoms. The van der Waals surface area contributed by atoms with E-state index >= 15 is 0 Å². The number of benzene rings is 1. The van der Waals surface area contributed by atoms with E-state index in [2.05, 4.69) is 11.9 Å². The number of phenols is 1. The van der Waals surface area contributed by atoms with Gasteiger partial charge in [-0.05, 0) is 62.5 Å². The van der Waals surface area contributed by atoms with Gasteiger partial charge in [0.25, 0.3) is 0 Å². The second kappa shape index (κ2) is 4.08. The van der Waals surface area contributed by atoms with E-state index in [4.69, 9.17) is 0 Å². The Labute approximate surface area is 119 Å². The number of hydrogen-bond donors (Lipinski definition) is 1. The highest BCUT2D eigenvalue weighted by Gasteiger charge is 2.56. The Morgan fingerprint density at radius 3 is 3.00 bits per heavy atom. The molecule has 0 amide bonds. The zero-order chi connectivity index (χ0) is 13.9. The fraction of sp³-hybridized carbons (Fsp3) is 0.588. The molecule has 3 aliphatic rings. The van der Waals surface area contributed by atoms with Crippen molar-refractivity contribution in [1.82, 2.24) is 4.90 Å². The fourth-order valence-corrected chi connectivity index (χ4v) is 5.03. The highest BCUT2D eigenvalue weighted by molar-refractivity contribution is 6.03. The third-order valence-corrected chi connectivity index (χ3v) is 5.94. The molecule has 106 valence electrons. The molecule has 1 N–H and O–H groups in total. The quantitative estimate of drug-likeness (QED) is 0.788. The van der Waals surface area contributed by atoms with Crippen molar-refractivity contribution in [2.24, 2.45) is 5.92 Å². The summed E-state index contributed by atoms with van der Waals surface area (Å²) in [5.41, 5.74) is 2.13. The number of piperidine rings is 1. The van der Waals surface area contributed by atoms with Crippen molar-refractivity contribution in [2.75, 3.05) is 13.6 Å². The number of carbonyl (C=O) groups excluding carboxylic acids is 1. The number of nitrogens with zero attached hydrogens (tertiary/aromatic N) is 1. The minimum atomic E-state index is 0.0566. The Morgan fingerprint density at radius 1 is 1.30 bits per heavy atom. The highest BCUT2D eigenvalue weighted by Crippen LogP contribution is 2.55. The van der Waals surface area contributed by atoms with Gasteiger partial charge in [-0.25, -0.2) is 0 Å². The molecule has 20 heavy (non-hydrogen) atoms. The minimum absolute atomic E-state index is 0.0566. The van der Waals surface area contributed by atoms with E-state index < -0.39 is 0 Å². The average molecular weight is 271 g/mol. The number of ketones is 1. The van der Waals surface area contributed by atoms with Crippen LogP contribution >= 0.6 is 0 Å². The van der Waals surface area contributed by atoms with Crippen molar-refractivity contribution in [2.45, 2.75) is 43.6 Å². The van der Waals surface area contributed by atoms with Gasteiger partial charge in [-0.2, -0.15) is 0 Å². The van der Waals surface area contributed by atoms with E-state index in [1.54, 1.807) is 6.07 Å². The Kier molecular flexibility index (Phi) is 2.53. The van der Waals surface area contributed by atoms with Crippen LogP contribution in [-0.4, -0.2) is 35.4 Å². The maximum atomic E-state index is 12.9. The predicted octanol–water partition coefficient (Wildman–Crippen LogP) is 2.72. The van der Waals surface area contributed by atoms with Crippen LogP contribution in [0.25, 0.3) is 0 Å². The SMILES string of the molecule is CN1CC[C@@]23CCCC[C@@H]2[C@H]1C(=O)c1ccc(O)cc13. The van der Waals surface area contributed by atoms with E-state index in [-0.39, 0.29) is 17.2 Å². The van der Waals surface area contributed by atoms with E-state index in [1.165, 1.54) is 19.3 Å². The molecule has 2 aliphatic carbocycles. The number of carbonyl (C=O) groups is 1. The van der Waals surface area contributed by atoms with Gasteiger partial charge < -0.3 is 5.11 Å². The van der Waals surface area contributed by atoms with E-state index in [1.807, 2.05) is 12.1 Å². The molecular weight excluding hydrogens is 250 g/mol. The smallest absolute Gasteiger partial charge is 0.180 e. The Bertz CT molecular complexity index is 582. The second-order valence-corrected chi connectivity index (χ2v) is 6.78.